The molecule has 2 aromatic carbocycles. The number of aromatic nitrogens is 2. The van der Waals surface area contributed by atoms with Crippen molar-refractivity contribution in [1.29, 1.82) is 0 Å². The Morgan fingerprint density at radius 2 is 1.78 bits per heavy atom. The van der Waals surface area contributed by atoms with Gasteiger partial charge in [0, 0.05) is 36.0 Å². The summed E-state index contributed by atoms with van der Waals surface area (Å²) >= 11 is 8.84. The zero-order valence-electron chi connectivity index (χ0n) is 18.0. The summed E-state index contributed by atoms with van der Waals surface area (Å²) in [5, 5.41) is 11.5. The standard InChI is InChI=1S/C23H26BrFN6S/c1-31(2)21-17-5-3-4-6-19(17)28-22(30-21)26-15-8-10-16(11-9-15)27-23(32)29-20-13-14(25)7-12-18(20)24/h3-7,12-13,15-16H,8-11H2,1-2H3,(H,26,28,30)(H2,27,29,32)/t15-,16+. The number of hydrogen-bond donors (Lipinski definition) is 3. The third kappa shape index (κ3) is 5.45. The fourth-order valence-electron chi connectivity index (χ4n) is 3.97. The van der Waals surface area contributed by atoms with Crippen LogP contribution in [0, 0.1) is 5.82 Å². The number of thiocarbonyl (C=S) groups is 1. The van der Waals surface area contributed by atoms with Gasteiger partial charge in [0.1, 0.15) is 11.6 Å². The quantitative estimate of drug-likeness (QED) is 0.397. The molecule has 9 heteroatoms. The second-order valence-corrected chi connectivity index (χ2v) is 9.46. The van der Waals surface area contributed by atoms with E-state index in [9.17, 15) is 4.39 Å². The molecule has 6 nitrogen and oxygen atoms in total. The molecule has 0 unspecified atom stereocenters. The highest BCUT2D eigenvalue weighted by Gasteiger charge is 2.23. The minimum atomic E-state index is -0.307. The molecule has 1 heterocycles. The van der Waals surface area contributed by atoms with E-state index in [0.29, 0.717) is 22.8 Å². The van der Waals surface area contributed by atoms with Gasteiger partial charge in [0.2, 0.25) is 5.95 Å². The van der Waals surface area contributed by atoms with Crippen molar-refractivity contribution < 1.29 is 4.39 Å². The van der Waals surface area contributed by atoms with Gasteiger partial charge in [-0.3, -0.25) is 0 Å². The molecule has 1 aliphatic rings. The smallest absolute Gasteiger partial charge is 0.225 e. The van der Waals surface area contributed by atoms with E-state index in [-0.39, 0.29) is 11.9 Å². The first kappa shape index (κ1) is 22.7. The maximum absolute atomic E-state index is 13.5. The van der Waals surface area contributed by atoms with Crippen LogP contribution >= 0.6 is 28.1 Å². The minimum Gasteiger partial charge on any atom is -0.362 e. The summed E-state index contributed by atoms with van der Waals surface area (Å²) in [6.07, 6.45) is 3.91. The van der Waals surface area contributed by atoms with Gasteiger partial charge in [-0.05, 0) is 84.2 Å². The average molecular weight is 517 g/mol. The van der Waals surface area contributed by atoms with Crippen molar-refractivity contribution in [3.63, 3.8) is 0 Å². The first-order valence-electron chi connectivity index (χ1n) is 10.6. The largest absolute Gasteiger partial charge is 0.362 e. The Kier molecular flexibility index (Phi) is 7.05. The lowest BCUT2D eigenvalue weighted by Gasteiger charge is -2.30. The van der Waals surface area contributed by atoms with Crippen LogP contribution in [0.5, 0.6) is 0 Å². The summed E-state index contributed by atoms with van der Waals surface area (Å²) in [6.45, 7) is 0. The highest BCUT2D eigenvalue weighted by molar-refractivity contribution is 9.10. The average Bonchev–Trinajstić information content (AvgIpc) is 2.77. The van der Waals surface area contributed by atoms with Crippen LogP contribution in [0.4, 0.5) is 21.8 Å². The monoisotopic (exact) mass is 516 g/mol. The summed E-state index contributed by atoms with van der Waals surface area (Å²) in [6, 6.07) is 13.1. The van der Waals surface area contributed by atoms with E-state index in [0.717, 1.165) is 46.9 Å². The Morgan fingerprint density at radius 3 is 2.53 bits per heavy atom. The van der Waals surface area contributed by atoms with Gasteiger partial charge < -0.3 is 20.9 Å². The van der Waals surface area contributed by atoms with E-state index in [1.54, 1.807) is 6.07 Å². The van der Waals surface area contributed by atoms with E-state index >= 15 is 0 Å². The predicted molar refractivity (Wildman–Crippen MR) is 137 cm³/mol. The summed E-state index contributed by atoms with van der Waals surface area (Å²) in [4.78, 5) is 11.5. The first-order chi connectivity index (χ1) is 15.4. The molecule has 1 aliphatic carbocycles. The number of anilines is 3. The lowest BCUT2D eigenvalue weighted by molar-refractivity contribution is 0.387. The maximum atomic E-state index is 13.5. The number of rotatable bonds is 5. The number of halogens is 2. The minimum absolute atomic E-state index is 0.273. The number of hydrogen-bond acceptors (Lipinski definition) is 5. The molecule has 0 amide bonds. The Morgan fingerprint density at radius 1 is 1.06 bits per heavy atom. The van der Waals surface area contributed by atoms with E-state index in [1.165, 1.54) is 12.1 Å². The summed E-state index contributed by atoms with van der Waals surface area (Å²) in [7, 11) is 3.99. The molecule has 0 radical (unpaired) electrons. The summed E-state index contributed by atoms with van der Waals surface area (Å²) in [5.41, 5.74) is 1.55. The molecule has 0 spiro atoms. The Bertz CT molecular complexity index is 1120. The Hall–Kier alpha value is -2.52. The van der Waals surface area contributed by atoms with Crippen LogP contribution in [-0.2, 0) is 0 Å². The van der Waals surface area contributed by atoms with E-state index in [2.05, 4.69) is 31.9 Å². The van der Waals surface area contributed by atoms with Gasteiger partial charge in [0.25, 0.3) is 0 Å². The molecule has 1 aromatic heterocycles. The molecule has 1 fully saturated rings. The van der Waals surface area contributed by atoms with Gasteiger partial charge in [-0.25, -0.2) is 9.37 Å². The Labute approximate surface area is 201 Å². The molecule has 0 bridgehead atoms. The lowest BCUT2D eigenvalue weighted by atomic mass is 9.91. The van der Waals surface area contributed by atoms with Gasteiger partial charge in [0.05, 0.1) is 11.2 Å². The van der Waals surface area contributed by atoms with Crippen molar-refractivity contribution in [2.24, 2.45) is 0 Å². The van der Waals surface area contributed by atoms with Crippen molar-refractivity contribution in [3.05, 3.63) is 52.8 Å². The predicted octanol–water partition coefficient (Wildman–Crippen LogP) is 5.31. The van der Waals surface area contributed by atoms with Gasteiger partial charge in [-0.15, -0.1) is 0 Å². The topological polar surface area (TPSA) is 65.1 Å². The number of benzene rings is 2. The first-order valence-corrected chi connectivity index (χ1v) is 11.8. The molecule has 32 heavy (non-hydrogen) atoms. The fourth-order valence-corrected chi connectivity index (χ4v) is 4.59. The molecule has 4 rings (SSSR count). The van der Waals surface area contributed by atoms with E-state index in [1.807, 2.05) is 43.3 Å². The van der Waals surface area contributed by atoms with Gasteiger partial charge in [-0.2, -0.15) is 4.98 Å². The van der Waals surface area contributed by atoms with Crippen LogP contribution in [0.3, 0.4) is 0 Å². The molecule has 3 N–H and O–H groups in total. The third-order valence-electron chi connectivity index (χ3n) is 5.58. The second kappa shape index (κ2) is 9.95. The number of fused-ring (bicyclic) bond motifs is 1. The molecule has 3 aromatic rings. The van der Waals surface area contributed by atoms with Crippen molar-refractivity contribution in [1.82, 2.24) is 15.3 Å². The SMILES string of the molecule is CN(C)c1nc(N[C@H]2CC[C@@H](NC(=S)Nc3cc(F)ccc3Br)CC2)nc2ccccc12. The van der Waals surface area contributed by atoms with E-state index in [4.69, 9.17) is 22.2 Å². The van der Waals surface area contributed by atoms with Crippen molar-refractivity contribution in [3.8, 4) is 0 Å². The zero-order valence-corrected chi connectivity index (χ0v) is 20.4. The molecule has 0 aliphatic heterocycles. The Balaban J connectivity index is 1.33. The molecule has 1 saturated carbocycles. The third-order valence-corrected chi connectivity index (χ3v) is 6.49. The normalized spacial score (nSPS) is 18.2. The molecular weight excluding hydrogens is 491 g/mol. The number of para-hydroxylation sites is 1. The van der Waals surface area contributed by atoms with E-state index < -0.39 is 0 Å². The van der Waals surface area contributed by atoms with Crippen LogP contribution in [-0.4, -0.2) is 41.3 Å². The van der Waals surface area contributed by atoms with Crippen LogP contribution < -0.4 is 20.9 Å². The summed E-state index contributed by atoms with van der Waals surface area (Å²) in [5.74, 6) is 1.27. The van der Waals surface area contributed by atoms with Crippen molar-refractivity contribution in [2.45, 2.75) is 37.8 Å². The van der Waals surface area contributed by atoms with Gasteiger partial charge in [0.15, 0.2) is 5.11 Å². The highest BCUT2D eigenvalue weighted by Crippen LogP contribution is 2.27. The van der Waals surface area contributed by atoms with Crippen molar-refractivity contribution in [2.75, 3.05) is 29.6 Å². The number of nitrogens with one attached hydrogen (secondary N) is 3. The molecule has 0 atom stereocenters. The van der Waals surface area contributed by atoms with Crippen molar-refractivity contribution >= 4 is 61.6 Å². The van der Waals surface area contributed by atoms with Crippen LogP contribution in [0.25, 0.3) is 10.9 Å². The molecule has 168 valence electrons. The number of nitrogens with zero attached hydrogens (tertiary/aromatic N) is 3. The molecular formula is C23H26BrFN6S. The van der Waals surface area contributed by atoms with Gasteiger partial charge >= 0.3 is 0 Å². The second-order valence-electron chi connectivity index (χ2n) is 8.20. The fraction of sp³-hybridized carbons (Fsp3) is 0.348. The van der Waals surface area contributed by atoms with Crippen LogP contribution in [0.1, 0.15) is 25.7 Å². The van der Waals surface area contributed by atoms with Crippen LogP contribution in [0.15, 0.2) is 46.9 Å². The maximum Gasteiger partial charge on any atom is 0.225 e. The van der Waals surface area contributed by atoms with Crippen LogP contribution in [0.2, 0.25) is 0 Å². The summed E-state index contributed by atoms with van der Waals surface area (Å²) < 4.78 is 14.3. The lowest BCUT2D eigenvalue weighted by Crippen LogP contribution is -2.42. The molecule has 0 saturated heterocycles. The van der Waals surface area contributed by atoms with Gasteiger partial charge in [-0.1, -0.05) is 12.1 Å². The zero-order chi connectivity index (χ0) is 22.7. The highest BCUT2D eigenvalue weighted by atomic mass is 79.9.